The zero-order valence-corrected chi connectivity index (χ0v) is 11.5. The first-order valence-corrected chi connectivity index (χ1v) is 6.12. The van der Waals surface area contributed by atoms with E-state index < -0.39 is 0 Å². The molecule has 6 nitrogen and oxygen atoms in total. The van der Waals surface area contributed by atoms with Gasteiger partial charge >= 0.3 is 0 Å². The van der Waals surface area contributed by atoms with Crippen molar-refractivity contribution in [3.05, 3.63) is 10.7 Å². The molecule has 0 saturated carbocycles. The summed E-state index contributed by atoms with van der Waals surface area (Å²) in [7, 11) is 0. The maximum Gasteiger partial charge on any atom is 0.240 e. The van der Waals surface area contributed by atoms with Crippen molar-refractivity contribution >= 4 is 21.9 Å². The van der Waals surface area contributed by atoms with Gasteiger partial charge in [-0.3, -0.25) is 5.43 Å². The fourth-order valence-corrected chi connectivity index (χ4v) is 1.34. The van der Waals surface area contributed by atoms with Gasteiger partial charge in [-0.25, -0.2) is 10.8 Å². The number of nitrogens with one attached hydrogen (secondary N) is 1. The van der Waals surface area contributed by atoms with E-state index in [1.54, 1.807) is 6.20 Å². The molecule has 0 amide bonds. The number of rotatable bonds is 7. The summed E-state index contributed by atoms with van der Waals surface area (Å²) in [6, 6.07) is 0. The molecule has 7 heteroatoms. The van der Waals surface area contributed by atoms with Crippen molar-refractivity contribution in [1.82, 2.24) is 9.97 Å². The summed E-state index contributed by atoms with van der Waals surface area (Å²) < 4.78 is 11.5. The van der Waals surface area contributed by atoms with Crippen LogP contribution in [0, 0.1) is 5.92 Å². The van der Waals surface area contributed by atoms with Crippen LogP contribution in [-0.2, 0) is 4.74 Å². The van der Waals surface area contributed by atoms with E-state index in [1.165, 1.54) is 0 Å². The van der Waals surface area contributed by atoms with Gasteiger partial charge in [0, 0.05) is 6.61 Å². The van der Waals surface area contributed by atoms with E-state index >= 15 is 0 Å². The molecule has 1 aromatic heterocycles. The van der Waals surface area contributed by atoms with Crippen LogP contribution in [-0.4, -0.2) is 29.8 Å². The Morgan fingerprint density at radius 3 is 2.88 bits per heavy atom. The zero-order valence-electron chi connectivity index (χ0n) is 9.94. The Bertz CT molecular complexity index is 349. The molecule has 3 N–H and O–H groups in total. The molecular formula is C10H17BrN4O2. The van der Waals surface area contributed by atoms with Crippen LogP contribution in [0.3, 0.4) is 0 Å². The highest BCUT2D eigenvalue weighted by molar-refractivity contribution is 9.10. The number of hydrazine groups is 1. The first-order chi connectivity index (χ1) is 8.13. The van der Waals surface area contributed by atoms with Crippen LogP contribution in [0.25, 0.3) is 0 Å². The summed E-state index contributed by atoms with van der Waals surface area (Å²) in [6.07, 6.45) is 1.58. The van der Waals surface area contributed by atoms with Crippen molar-refractivity contribution in [2.75, 3.05) is 25.2 Å². The second kappa shape index (κ2) is 7.41. The molecule has 0 saturated heterocycles. The average Bonchev–Trinajstić information content (AvgIpc) is 2.30. The quantitative estimate of drug-likeness (QED) is 0.452. The molecule has 0 bridgehead atoms. The smallest absolute Gasteiger partial charge is 0.240 e. The SMILES string of the molecule is CC(C)COCCOc1nc(NN)ncc1Br. The summed E-state index contributed by atoms with van der Waals surface area (Å²) in [4.78, 5) is 7.97. The number of hydrogen-bond acceptors (Lipinski definition) is 6. The van der Waals surface area contributed by atoms with E-state index in [-0.39, 0.29) is 0 Å². The number of anilines is 1. The van der Waals surface area contributed by atoms with Crippen LogP contribution in [0.4, 0.5) is 5.95 Å². The fraction of sp³-hybridized carbons (Fsp3) is 0.600. The highest BCUT2D eigenvalue weighted by Crippen LogP contribution is 2.21. The lowest BCUT2D eigenvalue weighted by molar-refractivity contribution is 0.0804. The third kappa shape index (κ3) is 5.29. The van der Waals surface area contributed by atoms with Gasteiger partial charge in [-0.05, 0) is 21.8 Å². The van der Waals surface area contributed by atoms with Crippen LogP contribution in [0.2, 0.25) is 0 Å². The molecule has 0 radical (unpaired) electrons. The summed E-state index contributed by atoms with van der Waals surface area (Å²) in [5.74, 6) is 6.49. The van der Waals surface area contributed by atoms with E-state index in [0.29, 0.717) is 35.4 Å². The summed E-state index contributed by atoms with van der Waals surface area (Å²) in [5.41, 5.74) is 2.36. The van der Waals surface area contributed by atoms with Crippen LogP contribution in [0.1, 0.15) is 13.8 Å². The number of ether oxygens (including phenoxy) is 2. The van der Waals surface area contributed by atoms with Crippen molar-refractivity contribution in [2.45, 2.75) is 13.8 Å². The first kappa shape index (κ1) is 14.1. The number of nitrogen functional groups attached to an aromatic ring is 1. The molecule has 0 unspecified atom stereocenters. The largest absolute Gasteiger partial charge is 0.474 e. The Morgan fingerprint density at radius 1 is 1.47 bits per heavy atom. The molecule has 0 aliphatic carbocycles. The lowest BCUT2D eigenvalue weighted by Crippen LogP contribution is -2.13. The number of hydrogen-bond donors (Lipinski definition) is 2. The van der Waals surface area contributed by atoms with Gasteiger partial charge in [0.25, 0.3) is 0 Å². The maximum absolute atomic E-state index is 5.44. The predicted octanol–water partition coefficient (Wildman–Crippen LogP) is 1.58. The summed E-state index contributed by atoms with van der Waals surface area (Å²) in [6.45, 7) is 5.89. The topological polar surface area (TPSA) is 82.3 Å². The monoisotopic (exact) mass is 304 g/mol. The number of nitrogens with two attached hydrogens (primary N) is 1. The Morgan fingerprint density at radius 2 is 2.24 bits per heavy atom. The van der Waals surface area contributed by atoms with Gasteiger partial charge in [-0.1, -0.05) is 13.8 Å². The van der Waals surface area contributed by atoms with Gasteiger partial charge in [-0.15, -0.1) is 0 Å². The van der Waals surface area contributed by atoms with Gasteiger partial charge in [0.2, 0.25) is 11.8 Å². The second-order valence-corrected chi connectivity index (χ2v) is 4.66. The molecule has 0 aliphatic heterocycles. The van der Waals surface area contributed by atoms with Crippen molar-refractivity contribution in [3.8, 4) is 5.88 Å². The number of aromatic nitrogens is 2. The van der Waals surface area contributed by atoms with Crippen molar-refractivity contribution in [1.29, 1.82) is 0 Å². The third-order valence-corrected chi connectivity index (χ3v) is 2.30. The maximum atomic E-state index is 5.44. The van der Waals surface area contributed by atoms with Gasteiger partial charge < -0.3 is 9.47 Å². The van der Waals surface area contributed by atoms with Gasteiger partial charge in [0.05, 0.1) is 17.3 Å². The van der Waals surface area contributed by atoms with Gasteiger partial charge in [0.1, 0.15) is 6.61 Å². The molecule has 1 heterocycles. The van der Waals surface area contributed by atoms with E-state index in [9.17, 15) is 0 Å². The highest BCUT2D eigenvalue weighted by atomic mass is 79.9. The predicted molar refractivity (Wildman–Crippen MR) is 68.7 cm³/mol. The molecule has 0 aromatic carbocycles. The van der Waals surface area contributed by atoms with E-state index in [2.05, 4.69) is 45.2 Å². The summed E-state index contributed by atoms with van der Waals surface area (Å²) >= 11 is 3.29. The second-order valence-electron chi connectivity index (χ2n) is 3.81. The minimum Gasteiger partial charge on any atom is -0.474 e. The Kier molecular flexibility index (Phi) is 6.17. The Balaban J connectivity index is 2.35. The standard InChI is InChI=1S/C10H17BrN4O2/c1-7(2)6-16-3-4-17-9-8(11)5-13-10(14-9)15-12/h5,7H,3-4,6,12H2,1-2H3,(H,13,14,15). The molecule has 96 valence electrons. The first-order valence-electron chi connectivity index (χ1n) is 5.33. The molecule has 0 aliphatic rings. The lowest BCUT2D eigenvalue weighted by Gasteiger charge is -2.09. The number of halogens is 1. The van der Waals surface area contributed by atoms with Crippen LogP contribution >= 0.6 is 15.9 Å². The van der Waals surface area contributed by atoms with Gasteiger partial charge in [-0.2, -0.15) is 4.98 Å². The van der Waals surface area contributed by atoms with Crippen LogP contribution in [0.15, 0.2) is 10.7 Å². The Labute approximate surface area is 109 Å². The number of nitrogens with zero attached hydrogens (tertiary/aromatic N) is 2. The molecule has 1 aromatic rings. The molecular weight excluding hydrogens is 288 g/mol. The highest BCUT2D eigenvalue weighted by Gasteiger charge is 2.05. The zero-order chi connectivity index (χ0) is 12.7. The minimum atomic E-state index is 0.311. The Hall–Kier alpha value is -0.920. The molecule has 17 heavy (non-hydrogen) atoms. The fourth-order valence-electron chi connectivity index (χ4n) is 1.04. The van der Waals surface area contributed by atoms with Crippen molar-refractivity contribution in [2.24, 2.45) is 11.8 Å². The van der Waals surface area contributed by atoms with Gasteiger partial charge in [0.15, 0.2) is 0 Å². The van der Waals surface area contributed by atoms with Crippen molar-refractivity contribution < 1.29 is 9.47 Å². The summed E-state index contributed by atoms with van der Waals surface area (Å²) in [5, 5.41) is 0. The molecule has 0 atom stereocenters. The molecule has 1 rings (SSSR count). The van der Waals surface area contributed by atoms with E-state index in [4.69, 9.17) is 15.3 Å². The van der Waals surface area contributed by atoms with Crippen LogP contribution in [0.5, 0.6) is 5.88 Å². The third-order valence-electron chi connectivity index (χ3n) is 1.76. The van der Waals surface area contributed by atoms with E-state index in [1.807, 2.05) is 0 Å². The van der Waals surface area contributed by atoms with Crippen molar-refractivity contribution in [3.63, 3.8) is 0 Å². The minimum absolute atomic E-state index is 0.311. The average molecular weight is 305 g/mol. The van der Waals surface area contributed by atoms with E-state index in [0.717, 1.165) is 6.61 Å². The molecule has 0 fully saturated rings. The normalized spacial score (nSPS) is 10.6. The van der Waals surface area contributed by atoms with Crippen LogP contribution < -0.4 is 16.0 Å². The molecule has 0 spiro atoms. The lowest BCUT2D eigenvalue weighted by atomic mass is 10.2.